The minimum Gasteiger partial charge on any atom is -0.406 e. The highest BCUT2D eigenvalue weighted by molar-refractivity contribution is 6.74. The predicted molar refractivity (Wildman–Crippen MR) is 128 cm³/mol. The van der Waals surface area contributed by atoms with Gasteiger partial charge in [0.1, 0.15) is 24.4 Å². The third kappa shape index (κ3) is 5.57. The molecule has 6 nitrogen and oxygen atoms in total. The van der Waals surface area contributed by atoms with Gasteiger partial charge in [-0.3, -0.25) is 0 Å². The van der Waals surface area contributed by atoms with Gasteiger partial charge in [0.05, 0.1) is 13.2 Å². The van der Waals surface area contributed by atoms with Gasteiger partial charge in [0.2, 0.25) is 0 Å². The first-order valence-electron chi connectivity index (χ1n) is 11.6. The lowest BCUT2D eigenvalue weighted by Gasteiger charge is -2.50. The molecule has 0 radical (unpaired) electrons. The van der Waals surface area contributed by atoms with E-state index in [1.54, 1.807) is 0 Å². The summed E-state index contributed by atoms with van der Waals surface area (Å²) in [5.41, 5.74) is 1.98. The number of aliphatic hydroxyl groups is 1. The summed E-state index contributed by atoms with van der Waals surface area (Å²) >= 11 is 0. The van der Waals surface area contributed by atoms with Crippen molar-refractivity contribution in [2.24, 2.45) is 0 Å². The Balaban J connectivity index is 1.60. The van der Waals surface area contributed by atoms with Crippen molar-refractivity contribution in [3.63, 3.8) is 0 Å². The molecular weight excluding hydrogens is 436 g/mol. The van der Waals surface area contributed by atoms with Crippen LogP contribution in [0, 0.1) is 0 Å². The van der Waals surface area contributed by atoms with Crippen LogP contribution in [-0.4, -0.2) is 50.7 Å². The first-order valence-corrected chi connectivity index (χ1v) is 14.6. The lowest BCUT2D eigenvalue weighted by atomic mass is 9.97. The minimum absolute atomic E-state index is 0.0311. The van der Waals surface area contributed by atoms with Crippen LogP contribution in [0.25, 0.3) is 0 Å². The largest absolute Gasteiger partial charge is 0.406 e. The molecule has 0 amide bonds. The first-order chi connectivity index (χ1) is 15.7. The molecule has 2 saturated heterocycles. The lowest BCUT2D eigenvalue weighted by molar-refractivity contribution is -0.358. The monoisotopic (exact) mass is 472 g/mol. The Morgan fingerprint density at radius 1 is 0.939 bits per heavy atom. The van der Waals surface area contributed by atoms with E-state index in [2.05, 4.69) is 33.9 Å². The summed E-state index contributed by atoms with van der Waals surface area (Å²) in [5, 5.41) is 10.9. The summed E-state index contributed by atoms with van der Waals surface area (Å²) in [4.78, 5) is 0. The predicted octanol–water partition coefficient (Wildman–Crippen LogP) is 4.79. The fourth-order valence-electron chi connectivity index (χ4n) is 3.94. The number of hydrogen-bond donors (Lipinski definition) is 1. The van der Waals surface area contributed by atoms with Gasteiger partial charge in [0.25, 0.3) is 0 Å². The Hall–Kier alpha value is -1.58. The van der Waals surface area contributed by atoms with Gasteiger partial charge in [-0.25, -0.2) is 0 Å². The summed E-state index contributed by atoms with van der Waals surface area (Å²) in [6, 6.07) is 19.8. The second kappa shape index (κ2) is 9.96. The highest BCUT2D eigenvalue weighted by Crippen LogP contribution is 2.41. The number of aliphatic hydroxyl groups excluding tert-OH is 1. The molecule has 2 aromatic rings. The smallest absolute Gasteiger partial charge is 0.192 e. The van der Waals surface area contributed by atoms with Crippen LogP contribution in [0.3, 0.4) is 0 Å². The first kappa shape index (κ1) is 24.5. The fourth-order valence-corrected chi connectivity index (χ4v) is 5.23. The molecule has 2 aliphatic heterocycles. The van der Waals surface area contributed by atoms with Gasteiger partial charge in [0, 0.05) is 5.56 Å². The van der Waals surface area contributed by atoms with Crippen molar-refractivity contribution >= 4 is 8.32 Å². The van der Waals surface area contributed by atoms with Crippen molar-refractivity contribution < 1.29 is 28.5 Å². The van der Waals surface area contributed by atoms with Crippen molar-refractivity contribution in [3.05, 3.63) is 71.8 Å². The van der Waals surface area contributed by atoms with Crippen molar-refractivity contribution in [3.8, 4) is 0 Å². The molecule has 2 fully saturated rings. The van der Waals surface area contributed by atoms with Crippen LogP contribution in [0.5, 0.6) is 0 Å². The molecule has 1 N–H and O–H groups in total. The molecule has 2 heterocycles. The molecule has 180 valence electrons. The zero-order valence-electron chi connectivity index (χ0n) is 20.1. The van der Waals surface area contributed by atoms with E-state index in [0.29, 0.717) is 13.2 Å². The van der Waals surface area contributed by atoms with E-state index in [1.807, 2.05) is 60.7 Å². The summed E-state index contributed by atoms with van der Waals surface area (Å²) in [6.45, 7) is 11.5. The maximum atomic E-state index is 11.0. The Labute approximate surface area is 197 Å². The Morgan fingerprint density at radius 3 is 2.21 bits per heavy atom. The third-order valence-corrected chi connectivity index (χ3v) is 11.4. The maximum absolute atomic E-state index is 11.0. The van der Waals surface area contributed by atoms with Crippen LogP contribution >= 0.6 is 0 Å². The lowest BCUT2D eigenvalue weighted by Crippen LogP contribution is -2.65. The van der Waals surface area contributed by atoms with Gasteiger partial charge < -0.3 is 28.5 Å². The van der Waals surface area contributed by atoms with Gasteiger partial charge in [-0.05, 0) is 23.7 Å². The van der Waals surface area contributed by atoms with E-state index >= 15 is 0 Å². The molecule has 4 rings (SSSR count). The Kier molecular flexibility index (Phi) is 7.40. The van der Waals surface area contributed by atoms with Gasteiger partial charge in [-0.15, -0.1) is 0 Å². The molecule has 7 heteroatoms. The quantitative estimate of drug-likeness (QED) is 0.610. The Morgan fingerprint density at radius 2 is 1.58 bits per heavy atom. The normalized spacial score (nSPS) is 30.6. The van der Waals surface area contributed by atoms with Gasteiger partial charge in [-0.1, -0.05) is 81.4 Å². The highest BCUT2D eigenvalue weighted by Gasteiger charge is 2.53. The molecule has 0 aliphatic carbocycles. The number of fused-ring (bicyclic) bond motifs is 1. The van der Waals surface area contributed by atoms with Crippen LogP contribution in [0.2, 0.25) is 18.1 Å². The average molecular weight is 473 g/mol. The highest BCUT2D eigenvalue weighted by atomic mass is 28.4. The molecule has 2 aromatic carbocycles. The molecule has 0 spiro atoms. The van der Waals surface area contributed by atoms with Crippen LogP contribution < -0.4 is 0 Å². The second-order valence-corrected chi connectivity index (χ2v) is 15.1. The van der Waals surface area contributed by atoms with Crippen molar-refractivity contribution in [1.82, 2.24) is 0 Å². The van der Waals surface area contributed by atoms with Crippen molar-refractivity contribution in [2.45, 2.75) is 82.5 Å². The number of benzene rings is 2. The van der Waals surface area contributed by atoms with Crippen LogP contribution in [-0.2, 0) is 30.0 Å². The molecule has 0 bridgehead atoms. The maximum Gasteiger partial charge on any atom is 0.192 e. The molecule has 6 atom stereocenters. The summed E-state index contributed by atoms with van der Waals surface area (Å²) in [5.74, 6) is 0. The summed E-state index contributed by atoms with van der Waals surface area (Å²) < 4.78 is 31.4. The zero-order valence-corrected chi connectivity index (χ0v) is 21.1. The zero-order chi connectivity index (χ0) is 23.6. The topological polar surface area (TPSA) is 66.4 Å². The van der Waals surface area contributed by atoms with Crippen molar-refractivity contribution in [1.29, 1.82) is 0 Å². The van der Waals surface area contributed by atoms with E-state index < -0.39 is 45.3 Å². The average Bonchev–Trinajstić information content (AvgIpc) is 2.79. The van der Waals surface area contributed by atoms with E-state index in [1.165, 1.54) is 0 Å². The van der Waals surface area contributed by atoms with E-state index in [0.717, 1.165) is 11.1 Å². The second-order valence-electron chi connectivity index (χ2n) is 10.3. The molecule has 2 aliphatic rings. The number of ether oxygens (including phenoxy) is 4. The Bertz CT molecular complexity index is 885. The molecule has 0 saturated carbocycles. The minimum atomic E-state index is -2.23. The number of hydrogen-bond acceptors (Lipinski definition) is 6. The van der Waals surface area contributed by atoms with Gasteiger partial charge >= 0.3 is 0 Å². The van der Waals surface area contributed by atoms with E-state index in [-0.39, 0.29) is 5.04 Å². The SMILES string of the molecule is CC(C)(C)[Si](C)(C)O[C@@H]1C(O)O[C@@H]2CO[C@@H](c3ccccc3)O[C@H]2[C@@H]1OCc1ccccc1. The molecule has 33 heavy (non-hydrogen) atoms. The van der Waals surface area contributed by atoms with Crippen LogP contribution in [0.15, 0.2) is 60.7 Å². The van der Waals surface area contributed by atoms with Crippen molar-refractivity contribution in [2.75, 3.05) is 6.61 Å². The standard InChI is InChI=1S/C26H36O6Si/c1-26(2,3)33(4,5)32-23-22(28-16-18-12-8-6-9-13-18)21-20(30-24(23)27)17-29-25(31-21)19-14-10-7-11-15-19/h6-15,20-25,27H,16-17H2,1-5H3/t20-,21-,22+,23+,24?,25-/m1/s1. The molecule has 0 aromatic heterocycles. The summed E-state index contributed by atoms with van der Waals surface area (Å²) in [7, 11) is -2.23. The van der Waals surface area contributed by atoms with E-state index in [9.17, 15) is 5.11 Å². The van der Waals surface area contributed by atoms with Gasteiger partial charge in [0.15, 0.2) is 20.9 Å². The number of rotatable bonds is 6. The third-order valence-electron chi connectivity index (χ3n) is 6.90. The summed E-state index contributed by atoms with van der Waals surface area (Å²) in [6.07, 6.45) is -3.70. The van der Waals surface area contributed by atoms with E-state index in [4.69, 9.17) is 23.4 Å². The van der Waals surface area contributed by atoms with Crippen LogP contribution in [0.1, 0.15) is 38.2 Å². The molecular formula is C26H36O6Si. The van der Waals surface area contributed by atoms with Crippen LogP contribution in [0.4, 0.5) is 0 Å². The molecule has 1 unspecified atom stereocenters. The van der Waals surface area contributed by atoms with Gasteiger partial charge in [-0.2, -0.15) is 0 Å². The fraction of sp³-hybridized carbons (Fsp3) is 0.538.